The van der Waals surface area contributed by atoms with Crippen molar-refractivity contribution in [1.29, 1.82) is 0 Å². The van der Waals surface area contributed by atoms with Crippen LogP contribution in [0, 0.1) is 0 Å². The van der Waals surface area contributed by atoms with Crippen molar-refractivity contribution in [2.24, 2.45) is 7.05 Å². The summed E-state index contributed by atoms with van der Waals surface area (Å²) in [6.45, 7) is 2.01. The fourth-order valence-corrected chi connectivity index (χ4v) is 3.33. The second-order valence-corrected chi connectivity index (χ2v) is 5.42. The molecule has 0 spiro atoms. The number of aromatic nitrogens is 1. The summed E-state index contributed by atoms with van der Waals surface area (Å²) >= 11 is 0. The first-order valence-corrected chi connectivity index (χ1v) is 6.93. The summed E-state index contributed by atoms with van der Waals surface area (Å²) < 4.78 is 1.92. The van der Waals surface area contributed by atoms with E-state index in [1.165, 1.54) is 12.8 Å². The molecule has 18 heavy (non-hydrogen) atoms. The topological polar surface area (TPSA) is 37.3 Å². The van der Waals surface area contributed by atoms with Gasteiger partial charge in [0.15, 0.2) is 0 Å². The van der Waals surface area contributed by atoms with Gasteiger partial charge in [-0.3, -0.25) is 4.79 Å². The number of aryl methyl sites for hydroxylation is 1. The summed E-state index contributed by atoms with van der Waals surface area (Å²) in [5.74, 6) is 0.193. The zero-order valence-corrected chi connectivity index (χ0v) is 10.9. The molecule has 0 bridgehead atoms. The molecule has 1 amide bonds. The number of carbonyl (C=O) groups is 1. The number of carbonyl (C=O) groups excluding carboxylic acids is 1. The summed E-state index contributed by atoms with van der Waals surface area (Å²) in [5.41, 5.74) is 0.805. The van der Waals surface area contributed by atoms with Gasteiger partial charge in [0.25, 0.3) is 5.91 Å². The highest BCUT2D eigenvalue weighted by atomic mass is 16.2. The second kappa shape index (κ2) is 4.76. The minimum Gasteiger partial charge on any atom is -0.347 e. The van der Waals surface area contributed by atoms with Gasteiger partial charge in [-0.15, -0.1) is 0 Å². The number of likely N-dealkylation sites (tertiary alicyclic amines) is 1. The first-order chi connectivity index (χ1) is 8.77. The van der Waals surface area contributed by atoms with Gasteiger partial charge in [-0.05, 0) is 44.4 Å². The van der Waals surface area contributed by atoms with Crippen LogP contribution >= 0.6 is 0 Å². The average molecular weight is 247 g/mol. The molecule has 4 heteroatoms. The zero-order valence-electron chi connectivity index (χ0n) is 10.9. The summed E-state index contributed by atoms with van der Waals surface area (Å²) in [6, 6.07) is 4.76. The highest BCUT2D eigenvalue weighted by Gasteiger charge is 2.36. The van der Waals surface area contributed by atoms with Crippen LogP contribution in [0.4, 0.5) is 0 Å². The molecule has 1 aromatic heterocycles. The highest BCUT2D eigenvalue weighted by molar-refractivity contribution is 5.93. The summed E-state index contributed by atoms with van der Waals surface area (Å²) in [7, 11) is 1.94. The van der Waals surface area contributed by atoms with E-state index in [-0.39, 0.29) is 5.91 Å². The lowest BCUT2D eigenvalue weighted by molar-refractivity contribution is 0.0701. The molecule has 2 aliphatic heterocycles. The van der Waals surface area contributed by atoms with Crippen molar-refractivity contribution in [2.45, 2.75) is 37.8 Å². The van der Waals surface area contributed by atoms with Crippen LogP contribution in [0.5, 0.6) is 0 Å². The molecule has 2 aliphatic rings. The minimum atomic E-state index is 0.193. The fourth-order valence-electron chi connectivity index (χ4n) is 3.33. The molecule has 0 aliphatic carbocycles. The lowest BCUT2D eigenvalue weighted by Gasteiger charge is -2.29. The number of hydrogen-bond acceptors (Lipinski definition) is 2. The maximum Gasteiger partial charge on any atom is 0.270 e. The Bertz CT molecular complexity index is 434. The quantitative estimate of drug-likeness (QED) is 0.857. The number of rotatable bonds is 2. The van der Waals surface area contributed by atoms with Crippen LogP contribution in [-0.4, -0.2) is 40.5 Å². The van der Waals surface area contributed by atoms with Gasteiger partial charge in [-0.2, -0.15) is 0 Å². The smallest absolute Gasteiger partial charge is 0.270 e. The highest BCUT2D eigenvalue weighted by Crippen LogP contribution is 2.26. The Morgan fingerprint density at radius 2 is 2.28 bits per heavy atom. The van der Waals surface area contributed by atoms with Gasteiger partial charge in [-0.1, -0.05) is 0 Å². The molecule has 1 aromatic rings. The normalized spacial score (nSPS) is 27.9. The third kappa shape index (κ3) is 1.94. The largest absolute Gasteiger partial charge is 0.347 e. The van der Waals surface area contributed by atoms with E-state index in [1.54, 1.807) is 0 Å². The molecule has 4 nitrogen and oxygen atoms in total. The molecule has 1 N–H and O–H groups in total. The molecule has 2 atom stereocenters. The zero-order chi connectivity index (χ0) is 12.5. The molecule has 0 radical (unpaired) electrons. The van der Waals surface area contributed by atoms with Crippen molar-refractivity contribution in [3.63, 3.8) is 0 Å². The van der Waals surface area contributed by atoms with Crippen LogP contribution in [0.3, 0.4) is 0 Å². The number of nitrogens with zero attached hydrogens (tertiary/aromatic N) is 2. The number of hydrogen-bond donors (Lipinski definition) is 1. The van der Waals surface area contributed by atoms with Gasteiger partial charge in [0, 0.05) is 31.9 Å². The van der Waals surface area contributed by atoms with Crippen molar-refractivity contribution in [1.82, 2.24) is 14.8 Å². The molecule has 3 heterocycles. The Kier molecular flexibility index (Phi) is 3.12. The number of nitrogens with one attached hydrogen (secondary N) is 1. The maximum absolute atomic E-state index is 12.6. The Hall–Kier alpha value is -1.29. The van der Waals surface area contributed by atoms with Crippen molar-refractivity contribution in [3.05, 3.63) is 24.0 Å². The lowest BCUT2D eigenvalue weighted by Crippen LogP contribution is -2.46. The van der Waals surface area contributed by atoms with Gasteiger partial charge in [0.2, 0.25) is 0 Å². The van der Waals surface area contributed by atoms with Gasteiger partial charge in [-0.25, -0.2) is 0 Å². The summed E-state index contributed by atoms with van der Waals surface area (Å²) in [5, 5.41) is 3.54. The Morgan fingerprint density at radius 3 is 2.94 bits per heavy atom. The van der Waals surface area contributed by atoms with Crippen LogP contribution in [0.15, 0.2) is 18.3 Å². The van der Waals surface area contributed by atoms with Crippen LogP contribution < -0.4 is 5.32 Å². The number of amides is 1. The molecular formula is C14H21N3O. The van der Waals surface area contributed by atoms with Gasteiger partial charge in [0.1, 0.15) is 5.69 Å². The van der Waals surface area contributed by atoms with Gasteiger partial charge < -0.3 is 14.8 Å². The van der Waals surface area contributed by atoms with E-state index in [0.717, 1.165) is 31.6 Å². The van der Waals surface area contributed by atoms with Gasteiger partial charge in [0.05, 0.1) is 0 Å². The van der Waals surface area contributed by atoms with E-state index in [0.29, 0.717) is 12.1 Å². The Morgan fingerprint density at radius 1 is 1.39 bits per heavy atom. The van der Waals surface area contributed by atoms with E-state index in [1.807, 2.05) is 29.9 Å². The van der Waals surface area contributed by atoms with E-state index in [4.69, 9.17) is 0 Å². The lowest BCUT2D eigenvalue weighted by atomic mass is 10.0. The average Bonchev–Trinajstić information content (AvgIpc) is 3.09. The van der Waals surface area contributed by atoms with E-state index >= 15 is 0 Å². The van der Waals surface area contributed by atoms with Crippen molar-refractivity contribution < 1.29 is 4.79 Å². The van der Waals surface area contributed by atoms with E-state index in [2.05, 4.69) is 10.2 Å². The molecule has 0 saturated carbocycles. The van der Waals surface area contributed by atoms with Crippen LogP contribution in [0.1, 0.15) is 36.2 Å². The fraction of sp³-hybridized carbons (Fsp3) is 0.643. The summed E-state index contributed by atoms with van der Waals surface area (Å²) in [4.78, 5) is 14.7. The molecule has 2 saturated heterocycles. The molecule has 98 valence electrons. The maximum atomic E-state index is 12.6. The monoisotopic (exact) mass is 247 g/mol. The third-order valence-corrected chi connectivity index (χ3v) is 4.29. The second-order valence-electron chi connectivity index (χ2n) is 5.42. The van der Waals surface area contributed by atoms with E-state index in [9.17, 15) is 4.79 Å². The van der Waals surface area contributed by atoms with Gasteiger partial charge >= 0.3 is 0 Å². The predicted octanol–water partition coefficient (Wildman–Crippen LogP) is 1.38. The minimum absolute atomic E-state index is 0.193. The predicted molar refractivity (Wildman–Crippen MR) is 70.5 cm³/mol. The van der Waals surface area contributed by atoms with E-state index < -0.39 is 0 Å². The van der Waals surface area contributed by atoms with Crippen molar-refractivity contribution in [3.8, 4) is 0 Å². The molecule has 2 fully saturated rings. The van der Waals surface area contributed by atoms with Crippen LogP contribution in [0.2, 0.25) is 0 Å². The molecule has 0 aromatic carbocycles. The first-order valence-electron chi connectivity index (χ1n) is 6.93. The van der Waals surface area contributed by atoms with Crippen molar-refractivity contribution >= 4 is 5.91 Å². The molecule has 3 rings (SSSR count). The summed E-state index contributed by atoms with van der Waals surface area (Å²) in [6.07, 6.45) is 6.67. The molecular weight excluding hydrogens is 226 g/mol. The first kappa shape index (κ1) is 11.8. The van der Waals surface area contributed by atoms with Crippen molar-refractivity contribution in [2.75, 3.05) is 13.1 Å². The Balaban J connectivity index is 1.78. The van der Waals surface area contributed by atoms with Crippen LogP contribution in [-0.2, 0) is 7.05 Å². The third-order valence-electron chi connectivity index (χ3n) is 4.29. The Labute approximate surface area is 108 Å². The standard InChI is InChI=1S/C14H21N3O/c1-16-9-3-7-13(16)14(18)17-10-4-6-12(17)11-5-2-8-15-11/h3,7,9,11-12,15H,2,4-6,8,10H2,1H3. The van der Waals surface area contributed by atoms with Crippen LogP contribution in [0.25, 0.3) is 0 Å². The SMILES string of the molecule is Cn1cccc1C(=O)N1CCCC1C1CCCN1. The molecule has 2 unspecified atom stereocenters.